The van der Waals surface area contributed by atoms with E-state index < -0.39 is 0 Å². The molecule has 1 aliphatic rings. The SMILES string of the molecule is CCc1nc(NC)c(C)c(N2CCC(C(C)C)CC2)n1. The van der Waals surface area contributed by atoms with E-state index in [4.69, 9.17) is 4.98 Å². The van der Waals surface area contributed by atoms with Crippen LogP contribution in [0.5, 0.6) is 0 Å². The van der Waals surface area contributed by atoms with Gasteiger partial charge >= 0.3 is 0 Å². The molecular formula is C16H28N4. The zero-order valence-electron chi connectivity index (χ0n) is 13.5. The van der Waals surface area contributed by atoms with Gasteiger partial charge in [0.2, 0.25) is 0 Å². The lowest BCUT2D eigenvalue weighted by Crippen LogP contribution is -2.36. The summed E-state index contributed by atoms with van der Waals surface area (Å²) in [6.07, 6.45) is 3.43. The Hall–Kier alpha value is -1.32. The number of hydrogen-bond acceptors (Lipinski definition) is 4. The normalized spacial score (nSPS) is 16.8. The van der Waals surface area contributed by atoms with Crippen LogP contribution in [0, 0.1) is 18.8 Å². The third-order valence-corrected chi connectivity index (χ3v) is 4.50. The standard InChI is InChI=1S/C16H28N4/c1-6-14-18-15(17-5)12(4)16(19-14)20-9-7-13(8-10-20)11(2)3/h11,13H,6-10H2,1-5H3,(H,17,18,19). The van der Waals surface area contributed by atoms with Gasteiger partial charge in [-0.15, -0.1) is 0 Å². The maximum Gasteiger partial charge on any atom is 0.137 e. The average molecular weight is 276 g/mol. The number of rotatable bonds is 4. The second-order valence-corrected chi connectivity index (χ2v) is 6.11. The largest absolute Gasteiger partial charge is 0.373 e. The zero-order chi connectivity index (χ0) is 14.7. The molecule has 1 aromatic heterocycles. The van der Waals surface area contributed by atoms with Crippen LogP contribution in [-0.2, 0) is 6.42 Å². The Labute approximate surface area is 123 Å². The van der Waals surface area contributed by atoms with Crippen molar-refractivity contribution in [3.8, 4) is 0 Å². The molecular weight excluding hydrogens is 248 g/mol. The number of nitrogens with one attached hydrogen (secondary N) is 1. The van der Waals surface area contributed by atoms with E-state index in [1.807, 2.05) is 7.05 Å². The minimum Gasteiger partial charge on any atom is -0.373 e. The molecule has 0 spiro atoms. The van der Waals surface area contributed by atoms with Gasteiger partial charge in [-0.25, -0.2) is 9.97 Å². The van der Waals surface area contributed by atoms with Gasteiger partial charge in [0.25, 0.3) is 0 Å². The van der Waals surface area contributed by atoms with Crippen LogP contribution < -0.4 is 10.2 Å². The number of piperidine rings is 1. The van der Waals surface area contributed by atoms with Gasteiger partial charge < -0.3 is 10.2 Å². The van der Waals surface area contributed by atoms with Crippen molar-refractivity contribution in [2.75, 3.05) is 30.4 Å². The number of anilines is 2. The lowest BCUT2D eigenvalue weighted by Gasteiger charge is -2.35. The lowest BCUT2D eigenvalue weighted by atomic mass is 9.86. The summed E-state index contributed by atoms with van der Waals surface area (Å²) in [5.74, 6) is 4.69. The van der Waals surface area contributed by atoms with Gasteiger partial charge in [-0.1, -0.05) is 20.8 Å². The first kappa shape index (κ1) is 15.1. The molecule has 0 saturated carbocycles. The Morgan fingerprint density at radius 3 is 2.40 bits per heavy atom. The van der Waals surface area contributed by atoms with Gasteiger partial charge in [-0.3, -0.25) is 0 Å². The van der Waals surface area contributed by atoms with Gasteiger partial charge in [-0.2, -0.15) is 0 Å². The molecule has 1 saturated heterocycles. The highest BCUT2D eigenvalue weighted by molar-refractivity contribution is 5.58. The van der Waals surface area contributed by atoms with Crippen molar-refractivity contribution in [3.05, 3.63) is 11.4 Å². The van der Waals surface area contributed by atoms with Gasteiger partial charge in [0, 0.05) is 32.1 Å². The van der Waals surface area contributed by atoms with Crippen LogP contribution in [0.1, 0.15) is 45.0 Å². The summed E-state index contributed by atoms with van der Waals surface area (Å²) in [5, 5.41) is 3.20. The fourth-order valence-electron chi connectivity index (χ4n) is 3.04. The van der Waals surface area contributed by atoms with Gasteiger partial charge in [-0.05, 0) is 31.6 Å². The lowest BCUT2D eigenvalue weighted by molar-refractivity contribution is 0.310. The molecule has 20 heavy (non-hydrogen) atoms. The molecule has 0 aliphatic carbocycles. The Morgan fingerprint density at radius 1 is 1.25 bits per heavy atom. The molecule has 2 heterocycles. The average Bonchev–Trinajstić information content (AvgIpc) is 2.47. The maximum atomic E-state index is 4.77. The van der Waals surface area contributed by atoms with Crippen molar-refractivity contribution in [2.45, 2.75) is 47.0 Å². The number of aromatic nitrogens is 2. The molecule has 112 valence electrons. The van der Waals surface area contributed by atoms with Gasteiger partial charge in [0.1, 0.15) is 17.5 Å². The summed E-state index contributed by atoms with van der Waals surface area (Å²) in [4.78, 5) is 11.8. The molecule has 0 amide bonds. The molecule has 4 heteroatoms. The first-order valence-electron chi connectivity index (χ1n) is 7.87. The molecule has 1 aliphatic heterocycles. The van der Waals surface area contributed by atoms with Crippen LogP contribution in [-0.4, -0.2) is 30.1 Å². The van der Waals surface area contributed by atoms with Crippen molar-refractivity contribution in [2.24, 2.45) is 11.8 Å². The Morgan fingerprint density at radius 2 is 1.90 bits per heavy atom. The van der Waals surface area contributed by atoms with Crippen LogP contribution in [0.25, 0.3) is 0 Å². The fraction of sp³-hybridized carbons (Fsp3) is 0.750. The van der Waals surface area contributed by atoms with Crippen LogP contribution in [0.4, 0.5) is 11.6 Å². The Bertz CT molecular complexity index is 448. The van der Waals surface area contributed by atoms with Crippen molar-refractivity contribution in [3.63, 3.8) is 0 Å². The third kappa shape index (κ3) is 3.05. The summed E-state index contributed by atoms with van der Waals surface area (Å²) >= 11 is 0. The fourth-order valence-corrected chi connectivity index (χ4v) is 3.04. The summed E-state index contributed by atoms with van der Waals surface area (Å²) < 4.78 is 0. The predicted octanol–water partition coefficient (Wildman–Crippen LogP) is 3.26. The minimum absolute atomic E-state index is 0.794. The minimum atomic E-state index is 0.794. The summed E-state index contributed by atoms with van der Waals surface area (Å²) in [6.45, 7) is 11.1. The van der Waals surface area contributed by atoms with Crippen molar-refractivity contribution >= 4 is 11.6 Å². The smallest absolute Gasteiger partial charge is 0.137 e. The predicted molar refractivity (Wildman–Crippen MR) is 85.5 cm³/mol. The molecule has 0 radical (unpaired) electrons. The quantitative estimate of drug-likeness (QED) is 0.916. The number of nitrogens with zero attached hydrogens (tertiary/aromatic N) is 3. The van der Waals surface area contributed by atoms with E-state index in [2.05, 4.69) is 42.9 Å². The van der Waals surface area contributed by atoms with Crippen LogP contribution in [0.3, 0.4) is 0 Å². The summed E-state index contributed by atoms with van der Waals surface area (Å²) in [6, 6.07) is 0. The van der Waals surface area contributed by atoms with E-state index in [9.17, 15) is 0 Å². The van der Waals surface area contributed by atoms with Crippen molar-refractivity contribution in [1.29, 1.82) is 0 Å². The molecule has 0 bridgehead atoms. The topological polar surface area (TPSA) is 41.1 Å². The highest BCUT2D eigenvalue weighted by Gasteiger charge is 2.24. The van der Waals surface area contributed by atoms with Crippen LogP contribution in [0.15, 0.2) is 0 Å². The molecule has 0 atom stereocenters. The van der Waals surface area contributed by atoms with E-state index in [-0.39, 0.29) is 0 Å². The number of hydrogen-bond donors (Lipinski definition) is 1. The molecule has 0 aromatic carbocycles. The Kier molecular flexibility index (Phi) is 4.84. The Balaban J connectivity index is 2.21. The molecule has 1 fully saturated rings. The van der Waals surface area contributed by atoms with Crippen molar-refractivity contribution < 1.29 is 0 Å². The monoisotopic (exact) mass is 276 g/mol. The van der Waals surface area contributed by atoms with E-state index >= 15 is 0 Å². The molecule has 0 unspecified atom stereocenters. The molecule has 2 rings (SSSR count). The van der Waals surface area contributed by atoms with E-state index in [1.165, 1.54) is 18.4 Å². The van der Waals surface area contributed by atoms with E-state index in [0.717, 1.165) is 48.8 Å². The molecule has 1 N–H and O–H groups in total. The highest BCUT2D eigenvalue weighted by atomic mass is 15.2. The zero-order valence-corrected chi connectivity index (χ0v) is 13.5. The molecule has 1 aromatic rings. The van der Waals surface area contributed by atoms with Crippen molar-refractivity contribution in [1.82, 2.24) is 9.97 Å². The maximum absolute atomic E-state index is 4.77. The summed E-state index contributed by atoms with van der Waals surface area (Å²) in [5.41, 5.74) is 1.17. The number of aryl methyl sites for hydroxylation is 1. The van der Waals surface area contributed by atoms with Gasteiger partial charge in [0.05, 0.1) is 0 Å². The van der Waals surface area contributed by atoms with Crippen LogP contribution >= 0.6 is 0 Å². The third-order valence-electron chi connectivity index (χ3n) is 4.50. The molecule has 4 nitrogen and oxygen atoms in total. The second-order valence-electron chi connectivity index (χ2n) is 6.11. The first-order chi connectivity index (χ1) is 9.56. The first-order valence-corrected chi connectivity index (χ1v) is 7.87. The van der Waals surface area contributed by atoms with E-state index in [0.29, 0.717) is 0 Å². The van der Waals surface area contributed by atoms with Crippen LogP contribution in [0.2, 0.25) is 0 Å². The van der Waals surface area contributed by atoms with Gasteiger partial charge in [0.15, 0.2) is 0 Å². The summed E-state index contributed by atoms with van der Waals surface area (Å²) in [7, 11) is 1.93. The highest BCUT2D eigenvalue weighted by Crippen LogP contribution is 2.30. The van der Waals surface area contributed by atoms with E-state index in [1.54, 1.807) is 0 Å². The second kappa shape index (κ2) is 6.42.